The molecule has 0 unspecified atom stereocenters. The standard InChI is InChI=1S/C19H25N3O2/c1-15-11-20-22(12-15)14-19(23)21-9-8-17(18(13-21)24-2)10-16-6-4-3-5-7-16/h3-7,11-12,17-18H,8-10,13-14H2,1-2H3/t17-,18+/m1/s1. The van der Waals surface area contributed by atoms with Gasteiger partial charge in [-0.25, -0.2) is 0 Å². The van der Waals surface area contributed by atoms with Crippen molar-refractivity contribution >= 4 is 5.91 Å². The van der Waals surface area contributed by atoms with Crippen molar-refractivity contribution in [2.45, 2.75) is 32.4 Å². The normalized spacial score (nSPS) is 21.0. The first-order valence-electron chi connectivity index (χ1n) is 8.49. The molecule has 2 aromatic rings. The van der Waals surface area contributed by atoms with Crippen LogP contribution in [-0.2, 0) is 22.5 Å². The number of carbonyl (C=O) groups excluding carboxylic acids is 1. The van der Waals surface area contributed by atoms with Gasteiger partial charge in [0.15, 0.2) is 0 Å². The lowest BCUT2D eigenvalue weighted by Gasteiger charge is -2.38. The molecule has 2 heterocycles. The average Bonchev–Trinajstić information content (AvgIpc) is 3.01. The predicted octanol–water partition coefficient (Wildman–Crippen LogP) is 2.30. The van der Waals surface area contributed by atoms with Crippen molar-refractivity contribution in [2.75, 3.05) is 20.2 Å². The van der Waals surface area contributed by atoms with Gasteiger partial charge in [-0.05, 0) is 36.8 Å². The fourth-order valence-corrected chi connectivity index (χ4v) is 3.40. The Labute approximate surface area is 143 Å². The number of hydrogen-bond donors (Lipinski definition) is 0. The molecule has 0 N–H and O–H groups in total. The largest absolute Gasteiger partial charge is 0.379 e. The minimum Gasteiger partial charge on any atom is -0.379 e. The maximum Gasteiger partial charge on any atom is 0.244 e. The molecule has 5 heteroatoms. The summed E-state index contributed by atoms with van der Waals surface area (Å²) in [6.07, 6.45) is 5.73. The van der Waals surface area contributed by atoms with Crippen molar-refractivity contribution in [1.29, 1.82) is 0 Å². The van der Waals surface area contributed by atoms with Crippen LogP contribution in [-0.4, -0.2) is 46.9 Å². The molecular weight excluding hydrogens is 302 g/mol. The lowest BCUT2D eigenvalue weighted by Crippen LogP contribution is -2.48. The van der Waals surface area contributed by atoms with E-state index in [9.17, 15) is 4.79 Å². The van der Waals surface area contributed by atoms with E-state index in [0.29, 0.717) is 19.0 Å². The van der Waals surface area contributed by atoms with Crippen molar-refractivity contribution in [1.82, 2.24) is 14.7 Å². The molecule has 1 aliphatic rings. The van der Waals surface area contributed by atoms with Gasteiger partial charge in [-0.1, -0.05) is 30.3 Å². The monoisotopic (exact) mass is 327 g/mol. The van der Waals surface area contributed by atoms with Crippen molar-refractivity contribution in [2.24, 2.45) is 5.92 Å². The Bertz CT molecular complexity index is 668. The molecule has 0 aliphatic carbocycles. The summed E-state index contributed by atoms with van der Waals surface area (Å²) < 4.78 is 7.40. The lowest BCUT2D eigenvalue weighted by atomic mass is 9.87. The Hall–Kier alpha value is -2.14. The van der Waals surface area contributed by atoms with Crippen LogP contribution in [0.2, 0.25) is 0 Å². The fourth-order valence-electron chi connectivity index (χ4n) is 3.40. The summed E-state index contributed by atoms with van der Waals surface area (Å²) in [6.45, 7) is 3.72. The molecule has 1 aromatic heterocycles. The zero-order valence-electron chi connectivity index (χ0n) is 14.4. The summed E-state index contributed by atoms with van der Waals surface area (Å²) in [5, 5.41) is 4.20. The van der Waals surface area contributed by atoms with Gasteiger partial charge in [-0.2, -0.15) is 5.10 Å². The molecule has 5 nitrogen and oxygen atoms in total. The van der Waals surface area contributed by atoms with Gasteiger partial charge in [0.25, 0.3) is 0 Å². The number of ether oxygens (including phenoxy) is 1. The molecular formula is C19H25N3O2. The Balaban J connectivity index is 1.58. The number of rotatable bonds is 5. The Morgan fingerprint density at radius 2 is 2.12 bits per heavy atom. The first kappa shape index (κ1) is 16.7. The molecule has 1 fully saturated rings. The zero-order valence-corrected chi connectivity index (χ0v) is 14.4. The third kappa shape index (κ3) is 4.03. The van der Waals surface area contributed by atoms with Crippen LogP contribution >= 0.6 is 0 Å². The van der Waals surface area contributed by atoms with Crippen LogP contribution in [0.25, 0.3) is 0 Å². The number of aromatic nitrogens is 2. The van der Waals surface area contributed by atoms with Gasteiger partial charge in [-0.15, -0.1) is 0 Å². The highest BCUT2D eigenvalue weighted by molar-refractivity contribution is 5.76. The number of benzene rings is 1. The molecule has 24 heavy (non-hydrogen) atoms. The molecule has 0 saturated carbocycles. The number of piperidine rings is 1. The maximum atomic E-state index is 12.5. The van der Waals surface area contributed by atoms with Crippen LogP contribution in [0.5, 0.6) is 0 Å². The quantitative estimate of drug-likeness (QED) is 0.846. The number of aryl methyl sites for hydroxylation is 1. The Morgan fingerprint density at radius 3 is 2.79 bits per heavy atom. The van der Waals surface area contributed by atoms with E-state index in [2.05, 4.69) is 29.4 Å². The molecule has 128 valence electrons. The number of amides is 1. The maximum absolute atomic E-state index is 12.5. The smallest absolute Gasteiger partial charge is 0.244 e. The van der Waals surface area contributed by atoms with Gasteiger partial charge >= 0.3 is 0 Å². The van der Waals surface area contributed by atoms with Crippen LogP contribution in [0.1, 0.15) is 17.5 Å². The number of nitrogens with zero attached hydrogens (tertiary/aromatic N) is 3. The van der Waals surface area contributed by atoms with E-state index in [1.807, 2.05) is 24.1 Å². The third-order valence-corrected chi connectivity index (χ3v) is 4.75. The van der Waals surface area contributed by atoms with E-state index in [1.54, 1.807) is 18.0 Å². The van der Waals surface area contributed by atoms with Crippen LogP contribution in [0.15, 0.2) is 42.7 Å². The topological polar surface area (TPSA) is 47.4 Å². The van der Waals surface area contributed by atoms with Crippen LogP contribution in [0.3, 0.4) is 0 Å². The van der Waals surface area contributed by atoms with E-state index in [1.165, 1.54) is 5.56 Å². The molecule has 0 spiro atoms. The Morgan fingerprint density at radius 1 is 1.33 bits per heavy atom. The lowest BCUT2D eigenvalue weighted by molar-refractivity contribution is -0.137. The number of likely N-dealkylation sites (tertiary alicyclic amines) is 1. The summed E-state index contributed by atoms with van der Waals surface area (Å²) in [7, 11) is 1.74. The van der Waals surface area contributed by atoms with Crippen molar-refractivity contribution in [3.63, 3.8) is 0 Å². The summed E-state index contributed by atoms with van der Waals surface area (Å²) in [5.41, 5.74) is 2.40. The van der Waals surface area contributed by atoms with Gasteiger partial charge in [0.1, 0.15) is 6.54 Å². The first-order valence-corrected chi connectivity index (χ1v) is 8.49. The summed E-state index contributed by atoms with van der Waals surface area (Å²) >= 11 is 0. The van der Waals surface area contributed by atoms with Crippen molar-refractivity contribution in [3.8, 4) is 0 Å². The second-order valence-electron chi connectivity index (χ2n) is 6.57. The molecule has 1 aliphatic heterocycles. The van der Waals surface area contributed by atoms with E-state index in [0.717, 1.165) is 24.9 Å². The number of hydrogen-bond acceptors (Lipinski definition) is 3. The fraction of sp³-hybridized carbons (Fsp3) is 0.474. The molecule has 1 aromatic carbocycles. The average molecular weight is 327 g/mol. The highest BCUT2D eigenvalue weighted by Gasteiger charge is 2.31. The van der Waals surface area contributed by atoms with E-state index < -0.39 is 0 Å². The molecule has 2 atom stereocenters. The highest BCUT2D eigenvalue weighted by atomic mass is 16.5. The summed E-state index contributed by atoms with van der Waals surface area (Å²) in [4.78, 5) is 14.4. The van der Waals surface area contributed by atoms with Gasteiger partial charge < -0.3 is 9.64 Å². The number of carbonyl (C=O) groups is 1. The minimum atomic E-state index is 0.0854. The molecule has 0 bridgehead atoms. The molecule has 1 saturated heterocycles. The SMILES string of the molecule is CO[C@H]1CN(C(=O)Cn2cc(C)cn2)CC[C@@H]1Cc1ccccc1. The molecule has 0 radical (unpaired) electrons. The van der Waals surface area contributed by atoms with Gasteiger partial charge in [0.2, 0.25) is 5.91 Å². The molecule has 1 amide bonds. The number of methoxy groups -OCH3 is 1. The van der Waals surface area contributed by atoms with E-state index >= 15 is 0 Å². The Kier molecular flexibility index (Phi) is 5.30. The molecule has 3 rings (SSSR count). The van der Waals surface area contributed by atoms with Crippen LogP contribution in [0.4, 0.5) is 0 Å². The second kappa shape index (κ2) is 7.62. The van der Waals surface area contributed by atoms with E-state index in [-0.39, 0.29) is 12.0 Å². The second-order valence-corrected chi connectivity index (χ2v) is 6.57. The van der Waals surface area contributed by atoms with Crippen LogP contribution < -0.4 is 0 Å². The van der Waals surface area contributed by atoms with Gasteiger partial charge in [0, 0.05) is 26.4 Å². The van der Waals surface area contributed by atoms with Gasteiger partial charge in [-0.3, -0.25) is 9.48 Å². The predicted molar refractivity (Wildman–Crippen MR) is 92.6 cm³/mol. The highest BCUT2D eigenvalue weighted by Crippen LogP contribution is 2.24. The van der Waals surface area contributed by atoms with Crippen LogP contribution in [0, 0.1) is 12.8 Å². The van der Waals surface area contributed by atoms with Gasteiger partial charge in [0.05, 0.1) is 12.3 Å². The zero-order chi connectivity index (χ0) is 16.9. The van der Waals surface area contributed by atoms with Crippen molar-refractivity contribution in [3.05, 3.63) is 53.9 Å². The summed E-state index contributed by atoms with van der Waals surface area (Å²) in [5.74, 6) is 0.562. The third-order valence-electron chi connectivity index (χ3n) is 4.75. The summed E-state index contributed by atoms with van der Waals surface area (Å²) in [6, 6.07) is 10.5. The first-order chi connectivity index (χ1) is 11.7. The van der Waals surface area contributed by atoms with Crippen molar-refractivity contribution < 1.29 is 9.53 Å². The minimum absolute atomic E-state index is 0.0854. The van der Waals surface area contributed by atoms with E-state index in [4.69, 9.17) is 4.74 Å².